The average molecular weight is 589 g/mol. The summed E-state index contributed by atoms with van der Waals surface area (Å²) >= 11 is 3.84. The van der Waals surface area contributed by atoms with Gasteiger partial charge in [0.15, 0.2) is 0 Å². The molecule has 0 aliphatic heterocycles. The van der Waals surface area contributed by atoms with Crippen molar-refractivity contribution in [1.29, 1.82) is 0 Å². The highest BCUT2D eigenvalue weighted by Gasteiger charge is 2.23. The van der Waals surface area contributed by atoms with Gasteiger partial charge in [-0.15, -0.1) is 0 Å². The predicted octanol–water partition coefficient (Wildman–Crippen LogP) is 11.8. The number of hydrogen-bond acceptors (Lipinski definition) is 1. The highest BCUT2D eigenvalue weighted by molar-refractivity contribution is 9.10. The summed E-state index contributed by atoms with van der Waals surface area (Å²) in [5.74, 6) is 0. The predicted molar refractivity (Wildman–Crippen MR) is 177 cm³/mol. The van der Waals surface area contributed by atoms with Crippen LogP contribution in [0.3, 0.4) is 0 Å². The first-order chi connectivity index (χ1) is 19.0. The van der Waals surface area contributed by atoms with Gasteiger partial charge >= 0.3 is 0 Å². The van der Waals surface area contributed by atoms with E-state index in [1.165, 1.54) is 33.4 Å². The molecule has 0 unspecified atom stereocenters. The Morgan fingerprint density at radius 2 is 1.02 bits per heavy atom. The molecule has 5 rings (SSSR count). The number of nitrogens with zero attached hydrogens (tertiary/aromatic N) is 1. The fourth-order valence-corrected chi connectivity index (χ4v) is 5.52. The first-order valence-corrected chi connectivity index (χ1v) is 14.8. The van der Waals surface area contributed by atoms with Crippen LogP contribution in [-0.2, 0) is 10.8 Å². The van der Waals surface area contributed by atoms with Crippen LogP contribution in [0, 0.1) is 0 Å². The molecule has 0 aliphatic rings. The van der Waals surface area contributed by atoms with E-state index in [1.54, 1.807) is 0 Å². The van der Waals surface area contributed by atoms with Gasteiger partial charge in [0.2, 0.25) is 0 Å². The van der Waals surface area contributed by atoms with Crippen molar-refractivity contribution in [1.82, 2.24) is 0 Å². The molecule has 0 atom stereocenters. The topological polar surface area (TPSA) is 3.24 Å². The summed E-state index contributed by atoms with van der Waals surface area (Å²) < 4.78 is 1.08. The van der Waals surface area contributed by atoms with Gasteiger partial charge in [-0.25, -0.2) is 0 Å². The highest BCUT2D eigenvalue weighted by Crippen LogP contribution is 2.44. The van der Waals surface area contributed by atoms with Crippen LogP contribution in [0.4, 0.5) is 17.1 Å². The van der Waals surface area contributed by atoms with E-state index in [2.05, 4.69) is 184 Å². The summed E-state index contributed by atoms with van der Waals surface area (Å²) in [6.07, 6.45) is 0. The largest absolute Gasteiger partial charge is 0.310 e. The van der Waals surface area contributed by atoms with Crippen molar-refractivity contribution < 1.29 is 0 Å². The Hall–Kier alpha value is -3.62. The molecule has 5 aromatic rings. The van der Waals surface area contributed by atoms with E-state index in [4.69, 9.17) is 0 Å². The number of benzene rings is 5. The van der Waals surface area contributed by atoms with Crippen LogP contribution in [0.25, 0.3) is 22.3 Å². The van der Waals surface area contributed by atoms with Gasteiger partial charge in [0.25, 0.3) is 0 Å². The van der Waals surface area contributed by atoms with Crippen molar-refractivity contribution in [2.75, 3.05) is 4.90 Å². The summed E-state index contributed by atoms with van der Waals surface area (Å²) in [5, 5.41) is 0. The quantitative estimate of drug-likeness (QED) is 0.197. The Morgan fingerprint density at radius 3 is 1.60 bits per heavy atom. The molecule has 202 valence electrons. The fraction of sp³-hybridized carbons (Fsp3) is 0.211. The second-order valence-corrected chi connectivity index (χ2v) is 13.5. The first kappa shape index (κ1) is 27.9. The second-order valence-electron chi connectivity index (χ2n) is 12.5. The third-order valence-corrected chi connectivity index (χ3v) is 7.89. The third kappa shape index (κ3) is 6.08. The van der Waals surface area contributed by atoms with Crippen molar-refractivity contribution >= 4 is 33.0 Å². The van der Waals surface area contributed by atoms with Crippen LogP contribution in [-0.4, -0.2) is 0 Å². The van der Waals surface area contributed by atoms with E-state index < -0.39 is 0 Å². The molecule has 0 aliphatic carbocycles. The molecule has 2 heteroatoms. The summed E-state index contributed by atoms with van der Waals surface area (Å²) in [7, 11) is 0. The minimum absolute atomic E-state index is 0.0136. The first-order valence-electron chi connectivity index (χ1n) is 14.0. The van der Waals surface area contributed by atoms with E-state index in [0.29, 0.717) is 0 Å². The minimum Gasteiger partial charge on any atom is -0.310 e. The van der Waals surface area contributed by atoms with Crippen LogP contribution in [0.15, 0.2) is 126 Å². The molecular weight excluding hydrogens is 550 g/mol. The van der Waals surface area contributed by atoms with Crippen molar-refractivity contribution in [2.24, 2.45) is 0 Å². The Morgan fingerprint density at radius 1 is 0.475 bits per heavy atom. The Labute approximate surface area is 248 Å². The van der Waals surface area contributed by atoms with Crippen molar-refractivity contribution in [3.05, 3.63) is 137 Å². The van der Waals surface area contributed by atoms with Crippen LogP contribution >= 0.6 is 15.9 Å². The zero-order valence-corrected chi connectivity index (χ0v) is 26.0. The summed E-state index contributed by atoms with van der Waals surface area (Å²) in [6.45, 7) is 13.6. The van der Waals surface area contributed by atoms with Gasteiger partial charge < -0.3 is 4.90 Å². The Kier molecular flexibility index (Phi) is 7.75. The van der Waals surface area contributed by atoms with Crippen molar-refractivity contribution in [3.8, 4) is 22.3 Å². The molecule has 0 amide bonds. The number of anilines is 3. The Bertz CT molecular complexity index is 1590. The lowest BCUT2D eigenvalue weighted by atomic mass is 9.84. The van der Waals surface area contributed by atoms with E-state index in [-0.39, 0.29) is 10.8 Å². The van der Waals surface area contributed by atoms with Crippen LogP contribution in [0.5, 0.6) is 0 Å². The molecule has 0 saturated heterocycles. The monoisotopic (exact) mass is 587 g/mol. The van der Waals surface area contributed by atoms with Crippen molar-refractivity contribution in [3.63, 3.8) is 0 Å². The minimum atomic E-state index is 0.0136. The van der Waals surface area contributed by atoms with Crippen LogP contribution in [0.2, 0.25) is 0 Å². The normalized spacial score (nSPS) is 11.9. The van der Waals surface area contributed by atoms with E-state index >= 15 is 0 Å². The van der Waals surface area contributed by atoms with E-state index in [9.17, 15) is 0 Å². The highest BCUT2D eigenvalue weighted by atomic mass is 79.9. The second kappa shape index (κ2) is 11.1. The van der Waals surface area contributed by atoms with E-state index in [1.807, 2.05) is 0 Å². The molecule has 0 bridgehead atoms. The van der Waals surface area contributed by atoms with Gasteiger partial charge in [-0.05, 0) is 81.1 Å². The van der Waals surface area contributed by atoms with Crippen molar-refractivity contribution in [2.45, 2.75) is 52.4 Å². The lowest BCUT2D eigenvalue weighted by Crippen LogP contribution is -2.16. The van der Waals surface area contributed by atoms with Crippen LogP contribution in [0.1, 0.15) is 52.7 Å². The summed E-state index contributed by atoms with van der Waals surface area (Å²) in [4.78, 5) is 2.41. The lowest BCUT2D eigenvalue weighted by Gasteiger charge is -2.31. The molecule has 5 aromatic carbocycles. The average Bonchev–Trinajstić information content (AvgIpc) is 2.93. The molecule has 0 saturated carbocycles. The molecule has 0 radical (unpaired) electrons. The van der Waals surface area contributed by atoms with Gasteiger partial charge in [0.05, 0.1) is 5.69 Å². The lowest BCUT2D eigenvalue weighted by molar-refractivity contribution is 0.589. The molecule has 1 nitrogen and oxygen atoms in total. The molecule has 0 fully saturated rings. The van der Waals surface area contributed by atoms with Crippen LogP contribution < -0.4 is 4.90 Å². The SMILES string of the molecule is CC(C)(C)c1cc(Br)cc(N(c2ccc(-c3ccccc3)cc2)c2ccc(C(C)(C)C)cc2-c2ccccc2)c1. The van der Waals surface area contributed by atoms with Gasteiger partial charge in [-0.2, -0.15) is 0 Å². The summed E-state index contributed by atoms with van der Waals surface area (Å²) in [5.41, 5.74) is 10.9. The van der Waals surface area contributed by atoms with Gasteiger partial charge in [-0.1, -0.05) is 136 Å². The standard InChI is InChI=1S/C38H38BrN/c1-37(2,3)30-19-22-36(35(25-30)29-15-11-8-12-16-29)40(34-24-31(38(4,5)6)23-32(39)26-34)33-20-17-28(18-21-33)27-13-9-7-10-14-27/h7-26H,1-6H3. The molecule has 0 spiro atoms. The van der Waals surface area contributed by atoms with Gasteiger partial charge in [0, 0.05) is 21.4 Å². The number of halogens is 1. The van der Waals surface area contributed by atoms with Gasteiger partial charge in [0.1, 0.15) is 0 Å². The maximum atomic E-state index is 3.84. The maximum Gasteiger partial charge on any atom is 0.0540 e. The molecule has 0 N–H and O–H groups in total. The van der Waals surface area contributed by atoms with Gasteiger partial charge in [-0.3, -0.25) is 0 Å². The number of rotatable bonds is 5. The zero-order valence-electron chi connectivity index (χ0n) is 24.4. The molecule has 40 heavy (non-hydrogen) atoms. The third-order valence-electron chi connectivity index (χ3n) is 7.43. The smallest absolute Gasteiger partial charge is 0.0540 e. The fourth-order valence-electron chi connectivity index (χ4n) is 5.04. The van der Waals surface area contributed by atoms with E-state index in [0.717, 1.165) is 21.5 Å². The molecule has 0 heterocycles. The number of hydrogen-bond donors (Lipinski definition) is 0. The summed E-state index contributed by atoms with van der Waals surface area (Å²) in [6, 6.07) is 44.0. The molecule has 0 aromatic heterocycles. The molecular formula is C38H38BrN. The maximum absolute atomic E-state index is 3.84. The zero-order chi connectivity index (χ0) is 28.5. The Balaban J connectivity index is 1.76.